The Morgan fingerprint density at radius 2 is 1.95 bits per heavy atom. The van der Waals surface area contributed by atoms with Crippen LogP contribution in [0.3, 0.4) is 0 Å². The smallest absolute Gasteiger partial charge is 0.247 e. The molecule has 4 heterocycles. The number of aromatic hydroxyl groups is 1. The molecule has 2 aliphatic rings. The van der Waals surface area contributed by atoms with Crippen molar-refractivity contribution < 1.29 is 14.2 Å². The number of anilines is 1. The number of hydrogen-bond acceptors (Lipinski definition) is 8. The van der Waals surface area contributed by atoms with Crippen LogP contribution in [-0.2, 0) is 6.54 Å². The van der Waals surface area contributed by atoms with Gasteiger partial charge in [0.1, 0.15) is 11.6 Å². The molecule has 2 fully saturated rings. The normalized spacial score (nSPS) is 18.9. The maximum absolute atomic E-state index is 14.7. The number of piperazine rings is 1. The van der Waals surface area contributed by atoms with Crippen molar-refractivity contribution in [2.75, 3.05) is 45.2 Å². The van der Waals surface area contributed by atoms with Crippen LogP contribution in [0.15, 0.2) is 30.6 Å². The number of halogens is 1. The molecule has 6 rings (SSSR count). The molecule has 2 aromatic heterocycles. The summed E-state index contributed by atoms with van der Waals surface area (Å²) < 4.78 is 23.0. The van der Waals surface area contributed by atoms with Crippen molar-refractivity contribution in [3.63, 3.8) is 0 Å². The molecule has 4 aromatic rings. The highest BCUT2D eigenvalue weighted by molar-refractivity contribution is 5.92. The second-order valence-electron chi connectivity index (χ2n) is 12.4. The molecule has 0 aliphatic carbocycles. The van der Waals surface area contributed by atoms with Gasteiger partial charge in [-0.2, -0.15) is 9.97 Å². The number of ether oxygens (including phenoxy) is 1. The summed E-state index contributed by atoms with van der Waals surface area (Å²) in [7, 11) is 4.09. The Hall–Kier alpha value is -3.94. The Labute approximate surface area is 239 Å². The molecule has 2 N–H and O–H groups in total. The fraction of sp³-hybridized carbons (Fsp3) is 0.452. The van der Waals surface area contributed by atoms with Crippen LogP contribution in [0, 0.1) is 23.6 Å². The van der Waals surface area contributed by atoms with Gasteiger partial charge in [-0.1, -0.05) is 25.8 Å². The summed E-state index contributed by atoms with van der Waals surface area (Å²) in [6.07, 6.45) is 9.68. The first kappa shape index (κ1) is 27.2. The number of phenols is 1. The van der Waals surface area contributed by atoms with E-state index in [1.54, 1.807) is 24.5 Å². The number of hydrogen-bond donors (Lipinski definition) is 2. The van der Waals surface area contributed by atoms with Crippen LogP contribution in [0.25, 0.3) is 21.9 Å². The van der Waals surface area contributed by atoms with Gasteiger partial charge in [0.2, 0.25) is 11.8 Å². The Bertz CT molecular complexity index is 1650. The van der Waals surface area contributed by atoms with E-state index < -0.39 is 5.82 Å². The number of nitrogens with zero attached hydrogens (tertiary/aromatic N) is 6. The fourth-order valence-corrected chi connectivity index (χ4v) is 6.35. The molecule has 2 aromatic carbocycles. The lowest BCUT2D eigenvalue weighted by Crippen LogP contribution is -2.51. The van der Waals surface area contributed by atoms with Crippen molar-refractivity contribution in [3.8, 4) is 24.0 Å². The summed E-state index contributed by atoms with van der Waals surface area (Å²) in [5.41, 5.74) is 1.88. The molecule has 0 amide bonds. The minimum absolute atomic E-state index is 0.0743. The second kappa shape index (κ2) is 10.5. The van der Waals surface area contributed by atoms with Gasteiger partial charge in [0.05, 0.1) is 25.0 Å². The molecule has 2 aliphatic heterocycles. The van der Waals surface area contributed by atoms with E-state index in [2.05, 4.69) is 39.9 Å². The largest absolute Gasteiger partial charge is 0.508 e. The molecule has 0 saturated carbocycles. The first-order valence-electron chi connectivity index (χ1n) is 14.0. The fourth-order valence-electron chi connectivity index (χ4n) is 6.35. The topological polar surface area (TPSA) is 91.6 Å². The average Bonchev–Trinajstić information content (AvgIpc) is 3.48. The summed E-state index contributed by atoms with van der Waals surface area (Å²) >= 11 is 0. The summed E-state index contributed by atoms with van der Waals surface area (Å²) in [6.45, 7) is 7.55. The first-order valence-corrected chi connectivity index (χ1v) is 14.0. The number of terminal acetylenes is 1. The van der Waals surface area contributed by atoms with E-state index in [1.807, 2.05) is 18.7 Å². The Morgan fingerprint density at radius 3 is 2.66 bits per heavy atom. The molecule has 2 bridgehead atoms. The number of phenolic OH excluding ortho intramolecular Hbond substituents is 1. The molecule has 41 heavy (non-hydrogen) atoms. The van der Waals surface area contributed by atoms with Crippen LogP contribution in [0.2, 0.25) is 0 Å². The Morgan fingerprint density at radius 1 is 1.20 bits per heavy atom. The van der Waals surface area contributed by atoms with Crippen molar-refractivity contribution in [1.29, 1.82) is 0 Å². The number of benzene rings is 2. The lowest BCUT2D eigenvalue weighted by molar-refractivity contribution is 0.138. The number of rotatable bonds is 8. The van der Waals surface area contributed by atoms with Crippen LogP contribution in [0.4, 0.5) is 10.3 Å². The van der Waals surface area contributed by atoms with Crippen LogP contribution in [0.5, 0.6) is 11.6 Å². The van der Waals surface area contributed by atoms with E-state index in [4.69, 9.17) is 21.1 Å². The van der Waals surface area contributed by atoms with Crippen molar-refractivity contribution in [3.05, 3.63) is 47.5 Å². The Balaban J connectivity index is 1.43. The van der Waals surface area contributed by atoms with E-state index in [1.165, 1.54) is 6.07 Å². The number of fused-ring (bicyclic) bond motifs is 4. The van der Waals surface area contributed by atoms with E-state index in [0.29, 0.717) is 58.0 Å². The van der Waals surface area contributed by atoms with E-state index >= 15 is 0 Å². The monoisotopic (exact) mass is 557 g/mol. The standard InChI is InChI=1S/C31H36FN7O2/c1-6-24-25(32)10-7-19-11-23(40)12-20(26(19)24)13-39-18-33-27-28(39)35-30(38-14-21-8-9-22(15-38)34-21)36-29(27)41-17-31(2,3)16-37(4)5/h1,7,10-12,18,21-22,34,40H,8-9,13-17H2,2-5H3/t21-,22+. The first-order chi connectivity index (χ1) is 19.6. The van der Waals surface area contributed by atoms with Gasteiger partial charge in [-0.05, 0) is 56.1 Å². The third-order valence-corrected chi connectivity index (χ3v) is 7.88. The van der Waals surface area contributed by atoms with Crippen molar-refractivity contribution in [2.24, 2.45) is 5.41 Å². The van der Waals surface area contributed by atoms with Crippen LogP contribution in [-0.4, -0.2) is 81.9 Å². The summed E-state index contributed by atoms with van der Waals surface area (Å²) in [4.78, 5) is 18.9. The molecule has 0 radical (unpaired) electrons. The zero-order chi connectivity index (χ0) is 28.9. The predicted molar refractivity (Wildman–Crippen MR) is 158 cm³/mol. The Kier molecular flexibility index (Phi) is 6.96. The highest BCUT2D eigenvalue weighted by Crippen LogP contribution is 2.33. The van der Waals surface area contributed by atoms with Crippen LogP contribution >= 0.6 is 0 Å². The predicted octanol–water partition coefficient (Wildman–Crippen LogP) is 3.76. The third-order valence-electron chi connectivity index (χ3n) is 7.88. The van der Waals surface area contributed by atoms with Gasteiger partial charge in [-0.3, -0.25) is 0 Å². The molecule has 2 saturated heterocycles. The lowest BCUT2D eigenvalue weighted by Gasteiger charge is -2.33. The van der Waals surface area contributed by atoms with Gasteiger partial charge >= 0.3 is 0 Å². The lowest BCUT2D eigenvalue weighted by atomic mass is 9.94. The molecular weight excluding hydrogens is 521 g/mol. The highest BCUT2D eigenvalue weighted by atomic mass is 19.1. The molecule has 0 unspecified atom stereocenters. The van der Waals surface area contributed by atoms with Gasteiger partial charge < -0.3 is 29.5 Å². The zero-order valence-electron chi connectivity index (χ0n) is 24.0. The van der Waals surface area contributed by atoms with E-state index in [9.17, 15) is 9.50 Å². The maximum Gasteiger partial charge on any atom is 0.247 e. The molecular formula is C31H36FN7O2. The van der Waals surface area contributed by atoms with Gasteiger partial charge in [-0.15, -0.1) is 6.42 Å². The minimum atomic E-state index is -0.476. The molecule has 9 nitrogen and oxygen atoms in total. The van der Waals surface area contributed by atoms with Gasteiger partial charge in [0, 0.05) is 42.5 Å². The number of aromatic nitrogens is 4. The minimum Gasteiger partial charge on any atom is -0.508 e. The van der Waals surface area contributed by atoms with Crippen LogP contribution in [0.1, 0.15) is 37.8 Å². The third kappa shape index (κ3) is 5.39. The van der Waals surface area contributed by atoms with Crippen molar-refractivity contribution in [2.45, 2.75) is 45.3 Å². The summed E-state index contributed by atoms with van der Waals surface area (Å²) in [5.74, 6) is 3.14. The van der Waals surface area contributed by atoms with Crippen LogP contribution < -0.4 is 15.0 Å². The molecule has 214 valence electrons. The van der Waals surface area contributed by atoms with Gasteiger partial charge in [0.25, 0.3) is 0 Å². The average molecular weight is 558 g/mol. The number of imidazole rings is 1. The second-order valence-corrected chi connectivity index (χ2v) is 12.4. The molecule has 10 heteroatoms. The maximum atomic E-state index is 14.7. The number of nitrogens with one attached hydrogen (secondary N) is 1. The van der Waals surface area contributed by atoms with Crippen molar-refractivity contribution >= 4 is 27.9 Å². The summed E-state index contributed by atoms with van der Waals surface area (Å²) in [6, 6.07) is 6.99. The quantitative estimate of drug-likeness (QED) is 0.317. The molecule has 0 spiro atoms. The highest BCUT2D eigenvalue weighted by Gasteiger charge is 2.34. The SMILES string of the molecule is C#Cc1c(F)ccc2cc(O)cc(Cn3cnc4c(OCC(C)(C)CN(C)C)nc(N5C[C@H]6CC[C@@H](C5)N6)nc43)c12. The van der Waals surface area contributed by atoms with Crippen molar-refractivity contribution in [1.82, 2.24) is 29.7 Å². The van der Waals surface area contributed by atoms with Gasteiger partial charge in [0.15, 0.2) is 11.2 Å². The summed E-state index contributed by atoms with van der Waals surface area (Å²) in [5, 5.41) is 15.4. The zero-order valence-corrected chi connectivity index (χ0v) is 24.0. The van der Waals surface area contributed by atoms with E-state index in [0.717, 1.165) is 32.5 Å². The molecule has 2 atom stereocenters. The van der Waals surface area contributed by atoms with E-state index in [-0.39, 0.29) is 23.3 Å². The van der Waals surface area contributed by atoms with Gasteiger partial charge in [-0.25, -0.2) is 9.37 Å².